The molecule has 0 fully saturated rings. The number of nitrogen functional groups attached to an aromatic ring is 1. The Morgan fingerprint density at radius 1 is 1.53 bits per heavy atom. The molecule has 2 aromatic rings. The highest BCUT2D eigenvalue weighted by Crippen LogP contribution is 2.31. The number of hydrogen-bond acceptors (Lipinski definition) is 3. The summed E-state index contributed by atoms with van der Waals surface area (Å²) in [6.45, 7) is 4.25. The zero-order chi connectivity index (χ0) is 10.8. The van der Waals surface area contributed by atoms with E-state index in [0.29, 0.717) is 5.82 Å². The summed E-state index contributed by atoms with van der Waals surface area (Å²) in [5.74, 6) is 0.637. The number of rotatable bonds is 3. The van der Waals surface area contributed by atoms with Gasteiger partial charge in [-0.25, -0.2) is 0 Å². The SMILES string of the molecule is CCCc1c(N)n[nH]c1-c1cc(C)cs1. The number of nitrogens with two attached hydrogens (primary N) is 1. The fourth-order valence-electron chi connectivity index (χ4n) is 1.65. The van der Waals surface area contributed by atoms with E-state index < -0.39 is 0 Å². The first-order valence-corrected chi connectivity index (χ1v) is 5.98. The molecule has 0 bridgehead atoms. The lowest BCUT2D eigenvalue weighted by atomic mass is 10.1. The number of H-pyrrole nitrogens is 1. The van der Waals surface area contributed by atoms with E-state index in [1.165, 1.54) is 10.4 Å². The molecular weight excluding hydrogens is 206 g/mol. The number of nitrogens with one attached hydrogen (secondary N) is 1. The summed E-state index contributed by atoms with van der Waals surface area (Å²) in [5, 5.41) is 9.25. The summed E-state index contributed by atoms with van der Waals surface area (Å²) in [6, 6.07) is 2.16. The van der Waals surface area contributed by atoms with Crippen LogP contribution in [0, 0.1) is 6.92 Å². The molecule has 0 unspecified atom stereocenters. The molecule has 0 atom stereocenters. The molecule has 4 heteroatoms. The van der Waals surface area contributed by atoms with Gasteiger partial charge in [-0.2, -0.15) is 5.10 Å². The van der Waals surface area contributed by atoms with Crippen molar-refractivity contribution in [3.63, 3.8) is 0 Å². The molecular formula is C11H15N3S. The van der Waals surface area contributed by atoms with Crippen LogP contribution in [0.1, 0.15) is 24.5 Å². The van der Waals surface area contributed by atoms with Gasteiger partial charge in [-0.3, -0.25) is 5.10 Å². The van der Waals surface area contributed by atoms with Crippen molar-refractivity contribution in [1.82, 2.24) is 10.2 Å². The lowest BCUT2D eigenvalue weighted by molar-refractivity contribution is 0.927. The van der Waals surface area contributed by atoms with Crippen molar-refractivity contribution in [2.45, 2.75) is 26.7 Å². The zero-order valence-corrected chi connectivity index (χ0v) is 9.82. The van der Waals surface area contributed by atoms with Gasteiger partial charge in [-0.05, 0) is 30.4 Å². The highest BCUT2D eigenvalue weighted by atomic mass is 32.1. The highest BCUT2D eigenvalue weighted by molar-refractivity contribution is 7.13. The van der Waals surface area contributed by atoms with E-state index in [2.05, 4.69) is 35.5 Å². The Labute approximate surface area is 93.3 Å². The van der Waals surface area contributed by atoms with Crippen LogP contribution in [0.15, 0.2) is 11.4 Å². The lowest BCUT2D eigenvalue weighted by Crippen LogP contribution is -1.91. The number of hydrogen-bond donors (Lipinski definition) is 2. The summed E-state index contributed by atoms with van der Waals surface area (Å²) in [7, 11) is 0. The maximum Gasteiger partial charge on any atom is 0.149 e. The number of aryl methyl sites for hydroxylation is 1. The van der Waals surface area contributed by atoms with Gasteiger partial charge in [0.25, 0.3) is 0 Å². The molecule has 3 N–H and O–H groups in total. The number of aromatic nitrogens is 2. The van der Waals surface area contributed by atoms with Crippen molar-refractivity contribution in [2.24, 2.45) is 0 Å². The Balaban J connectivity index is 2.43. The number of thiophene rings is 1. The second-order valence-corrected chi connectivity index (χ2v) is 4.61. The first kappa shape index (κ1) is 10.2. The molecule has 0 aliphatic rings. The van der Waals surface area contributed by atoms with Gasteiger partial charge in [0.2, 0.25) is 0 Å². The Bertz CT molecular complexity index is 456. The number of aromatic amines is 1. The topological polar surface area (TPSA) is 54.7 Å². The second kappa shape index (κ2) is 4.06. The normalized spacial score (nSPS) is 10.8. The maximum atomic E-state index is 5.83. The fraction of sp³-hybridized carbons (Fsp3) is 0.364. The smallest absolute Gasteiger partial charge is 0.149 e. The zero-order valence-electron chi connectivity index (χ0n) is 9.00. The third-order valence-corrected chi connectivity index (χ3v) is 3.44. The third-order valence-electron chi connectivity index (χ3n) is 2.38. The molecule has 0 radical (unpaired) electrons. The number of nitrogens with zero attached hydrogens (tertiary/aromatic N) is 1. The first-order chi connectivity index (χ1) is 7.22. The minimum atomic E-state index is 0.637. The van der Waals surface area contributed by atoms with Crippen LogP contribution < -0.4 is 5.73 Å². The molecule has 0 aromatic carbocycles. The first-order valence-electron chi connectivity index (χ1n) is 5.10. The molecule has 0 amide bonds. The van der Waals surface area contributed by atoms with Gasteiger partial charge in [0.15, 0.2) is 0 Å². The largest absolute Gasteiger partial charge is 0.382 e. The summed E-state index contributed by atoms with van der Waals surface area (Å²) >= 11 is 1.73. The summed E-state index contributed by atoms with van der Waals surface area (Å²) < 4.78 is 0. The van der Waals surface area contributed by atoms with E-state index in [0.717, 1.165) is 24.1 Å². The lowest BCUT2D eigenvalue weighted by Gasteiger charge is -1.99. The van der Waals surface area contributed by atoms with Crippen LogP contribution in [0.5, 0.6) is 0 Å². The van der Waals surface area contributed by atoms with Crippen molar-refractivity contribution >= 4 is 17.2 Å². The van der Waals surface area contributed by atoms with Crippen molar-refractivity contribution in [2.75, 3.05) is 5.73 Å². The second-order valence-electron chi connectivity index (χ2n) is 3.70. The standard InChI is InChI=1S/C11H15N3S/c1-3-4-8-10(13-14-11(8)12)9-5-7(2)6-15-9/h5-6H,3-4H2,1-2H3,(H3,12,13,14). The Hall–Kier alpha value is -1.29. The van der Waals surface area contributed by atoms with Crippen LogP contribution in [-0.2, 0) is 6.42 Å². The predicted octanol–water partition coefficient (Wildman–Crippen LogP) is 2.98. The van der Waals surface area contributed by atoms with E-state index in [-0.39, 0.29) is 0 Å². The summed E-state index contributed by atoms with van der Waals surface area (Å²) in [4.78, 5) is 1.22. The van der Waals surface area contributed by atoms with Crippen molar-refractivity contribution in [3.8, 4) is 10.6 Å². The molecule has 2 rings (SSSR count). The average Bonchev–Trinajstić information content (AvgIpc) is 2.76. The monoisotopic (exact) mass is 221 g/mol. The molecule has 2 aromatic heterocycles. The third kappa shape index (κ3) is 1.90. The molecule has 0 spiro atoms. The maximum absolute atomic E-state index is 5.83. The van der Waals surface area contributed by atoms with Gasteiger partial charge in [0.1, 0.15) is 5.82 Å². The number of anilines is 1. The van der Waals surface area contributed by atoms with Crippen LogP contribution in [0.25, 0.3) is 10.6 Å². The van der Waals surface area contributed by atoms with Gasteiger partial charge in [0, 0.05) is 5.56 Å². The average molecular weight is 221 g/mol. The van der Waals surface area contributed by atoms with E-state index in [4.69, 9.17) is 5.73 Å². The van der Waals surface area contributed by atoms with Crippen LogP contribution in [0.3, 0.4) is 0 Å². The van der Waals surface area contributed by atoms with Crippen molar-refractivity contribution in [3.05, 3.63) is 22.6 Å². The van der Waals surface area contributed by atoms with Crippen LogP contribution in [0.2, 0.25) is 0 Å². The summed E-state index contributed by atoms with van der Waals surface area (Å²) in [5.41, 5.74) is 9.36. The quantitative estimate of drug-likeness (QED) is 0.837. The van der Waals surface area contributed by atoms with Gasteiger partial charge in [-0.1, -0.05) is 13.3 Å². The van der Waals surface area contributed by atoms with Gasteiger partial charge in [0.05, 0.1) is 10.6 Å². The van der Waals surface area contributed by atoms with E-state index in [1.54, 1.807) is 11.3 Å². The van der Waals surface area contributed by atoms with Crippen LogP contribution >= 0.6 is 11.3 Å². The fourth-order valence-corrected chi connectivity index (χ4v) is 2.57. The van der Waals surface area contributed by atoms with Gasteiger partial charge >= 0.3 is 0 Å². The molecule has 3 nitrogen and oxygen atoms in total. The highest BCUT2D eigenvalue weighted by Gasteiger charge is 2.12. The molecule has 0 aliphatic carbocycles. The minimum absolute atomic E-state index is 0.637. The molecule has 0 saturated carbocycles. The predicted molar refractivity (Wildman–Crippen MR) is 65.0 cm³/mol. The van der Waals surface area contributed by atoms with Crippen LogP contribution in [-0.4, -0.2) is 10.2 Å². The van der Waals surface area contributed by atoms with Crippen molar-refractivity contribution in [1.29, 1.82) is 0 Å². The molecule has 0 saturated heterocycles. The summed E-state index contributed by atoms with van der Waals surface area (Å²) in [6.07, 6.45) is 2.07. The Kier molecular flexibility index (Phi) is 2.77. The molecule has 15 heavy (non-hydrogen) atoms. The molecule has 0 aliphatic heterocycles. The van der Waals surface area contributed by atoms with E-state index in [9.17, 15) is 0 Å². The van der Waals surface area contributed by atoms with Crippen molar-refractivity contribution < 1.29 is 0 Å². The molecule has 80 valence electrons. The van der Waals surface area contributed by atoms with Gasteiger partial charge in [-0.15, -0.1) is 11.3 Å². The van der Waals surface area contributed by atoms with Crippen LogP contribution in [0.4, 0.5) is 5.82 Å². The Morgan fingerprint density at radius 3 is 2.93 bits per heavy atom. The van der Waals surface area contributed by atoms with Gasteiger partial charge < -0.3 is 5.73 Å². The Morgan fingerprint density at radius 2 is 2.33 bits per heavy atom. The van der Waals surface area contributed by atoms with E-state index in [1.807, 2.05) is 0 Å². The van der Waals surface area contributed by atoms with E-state index >= 15 is 0 Å². The minimum Gasteiger partial charge on any atom is -0.382 e. The molecule has 2 heterocycles.